The number of nitrogens with one attached hydrogen (secondary N) is 1. The van der Waals surface area contributed by atoms with Crippen molar-refractivity contribution >= 4 is 27.8 Å². The smallest absolute Gasteiger partial charge is 0.276 e. The summed E-state index contributed by atoms with van der Waals surface area (Å²) in [7, 11) is -3.71. The molecular weight excluding hydrogens is 384 g/mol. The molecule has 0 heterocycles. The Balaban J connectivity index is 1.71. The predicted octanol–water partition coefficient (Wildman–Crippen LogP) is 4.23. The Labute approximate surface area is 163 Å². The average Bonchev–Trinajstić information content (AvgIpc) is 2.69. The first-order chi connectivity index (χ1) is 13.1. The minimum atomic E-state index is -3.71. The molecule has 3 rings (SSSR count). The van der Waals surface area contributed by atoms with Crippen LogP contribution in [0.3, 0.4) is 0 Å². The van der Waals surface area contributed by atoms with E-state index in [4.69, 9.17) is 16.3 Å². The topological polar surface area (TPSA) is 67.8 Å². The summed E-state index contributed by atoms with van der Waals surface area (Å²) in [5, 5.41) is 4.48. The zero-order chi connectivity index (χ0) is 19.1. The van der Waals surface area contributed by atoms with Crippen LogP contribution in [0.4, 0.5) is 0 Å². The van der Waals surface area contributed by atoms with Crippen LogP contribution in [0, 0.1) is 0 Å². The van der Waals surface area contributed by atoms with Crippen molar-refractivity contribution in [2.75, 3.05) is 0 Å². The highest BCUT2D eigenvalue weighted by Crippen LogP contribution is 2.21. The van der Waals surface area contributed by atoms with Crippen molar-refractivity contribution in [2.45, 2.75) is 11.5 Å². The number of para-hydroxylation sites is 1. The summed E-state index contributed by atoms with van der Waals surface area (Å²) in [6, 6.07) is 22.7. The Morgan fingerprint density at radius 1 is 0.926 bits per heavy atom. The van der Waals surface area contributed by atoms with Crippen LogP contribution < -0.4 is 9.57 Å². The number of sulfonamides is 1. The maximum absolute atomic E-state index is 12.2. The summed E-state index contributed by atoms with van der Waals surface area (Å²) in [6.45, 7) is 0.292. The van der Waals surface area contributed by atoms with Crippen molar-refractivity contribution in [3.63, 3.8) is 0 Å². The van der Waals surface area contributed by atoms with Crippen molar-refractivity contribution in [1.29, 1.82) is 0 Å². The van der Waals surface area contributed by atoms with Crippen LogP contribution in [-0.4, -0.2) is 14.6 Å². The van der Waals surface area contributed by atoms with E-state index in [2.05, 4.69) is 9.93 Å². The van der Waals surface area contributed by atoms with Gasteiger partial charge in [0.15, 0.2) is 0 Å². The third-order valence-corrected chi connectivity index (χ3v) is 5.30. The van der Waals surface area contributed by atoms with Crippen molar-refractivity contribution in [3.8, 4) is 5.75 Å². The Kier molecular flexibility index (Phi) is 6.11. The second-order valence-corrected chi connectivity index (χ2v) is 7.65. The molecule has 7 heteroatoms. The highest BCUT2D eigenvalue weighted by atomic mass is 35.5. The van der Waals surface area contributed by atoms with E-state index < -0.39 is 10.0 Å². The monoisotopic (exact) mass is 400 g/mol. The van der Waals surface area contributed by atoms with Gasteiger partial charge < -0.3 is 4.74 Å². The molecule has 0 aliphatic carbocycles. The van der Waals surface area contributed by atoms with Gasteiger partial charge in [0.2, 0.25) is 0 Å². The van der Waals surface area contributed by atoms with Gasteiger partial charge in [0.25, 0.3) is 10.0 Å². The van der Waals surface area contributed by atoms with E-state index in [1.54, 1.807) is 36.4 Å². The SMILES string of the molecule is O=S(=O)(N/N=C\c1ccccc1OCc1ccccc1Cl)c1ccccc1. The number of rotatable bonds is 7. The fraction of sp³-hybridized carbons (Fsp3) is 0.0500. The lowest BCUT2D eigenvalue weighted by atomic mass is 10.2. The fourth-order valence-corrected chi connectivity index (χ4v) is 3.31. The van der Waals surface area contributed by atoms with E-state index in [-0.39, 0.29) is 4.90 Å². The molecule has 0 saturated heterocycles. The lowest BCUT2D eigenvalue weighted by Gasteiger charge is -2.10. The molecule has 0 aliphatic heterocycles. The van der Waals surface area contributed by atoms with Crippen molar-refractivity contribution in [1.82, 2.24) is 4.83 Å². The summed E-state index contributed by atoms with van der Waals surface area (Å²) < 4.78 is 30.2. The molecule has 27 heavy (non-hydrogen) atoms. The Hall–Kier alpha value is -2.83. The van der Waals surface area contributed by atoms with Gasteiger partial charge in [-0.25, -0.2) is 4.83 Å². The number of hydrogen-bond donors (Lipinski definition) is 1. The van der Waals surface area contributed by atoms with E-state index >= 15 is 0 Å². The Morgan fingerprint density at radius 3 is 2.37 bits per heavy atom. The molecule has 0 bridgehead atoms. The molecule has 0 unspecified atom stereocenters. The summed E-state index contributed by atoms with van der Waals surface area (Å²) >= 11 is 6.14. The first-order valence-electron chi connectivity index (χ1n) is 8.11. The molecule has 0 radical (unpaired) electrons. The molecular formula is C20H17ClN2O3S. The zero-order valence-electron chi connectivity index (χ0n) is 14.2. The molecule has 138 valence electrons. The third kappa shape index (κ3) is 5.09. The minimum absolute atomic E-state index is 0.144. The molecule has 3 aromatic carbocycles. The summed E-state index contributed by atoms with van der Waals surface area (Å²) in [5.74, 6) is 0.570. The molecule has 3 aromatic rings. The lowest BCUT2D eigenvalue weighted by Crippen LogP contribution is -2.18. The van der Waals surface area contributed by atoms with Gasteiger partial charge in [-0.1, -0.05) is 60.1 Å². The maximum atomic E-state index is 12.2. The molecule has 0 saturated carbocycles. The van der Waals surface area contributed by atoms with Crippen molar-refractivity contribution < 1.29 is 13.2 Å². The van der Waals surface area contributed by atoms with Gasteiger partial charge in [0.05, 0.1) is 11.1 Å². The summed E-state index contributed by atoms with van der Waals surface area (Å²) in [6.07, 6.45) is 1.41. The second-order valence-electron chi connectivity index (χ2n) is 5.58. The molecule has 0 aliphatic rings. The van der Waals surface area contributed by atoms with Crippen LogP contribution in [0.2, 0.25) is 5.02 Å². The number of nitrogens with zero attached hydrogens (tertiary/aromatic N) is 1. The van der Waals surface area contributed by atoms with E-state index in [1.807, 2.05) is 30.3 Å². The Bertz CT molecular complexity index is 1040. The average molecular weight is 401 g/mol. The first kappa shape index (κ1) is 18.9. The summed E-state index contributed by atoms with van der Waals surface area (Å²) in [5.41, 5.74) is 1.50. The highest BCUT2D eigenvalue weighted by molar-refractivity contribution is 7.89. The van der Waals surface area contributed by atoms with E-state index in [0.717, 1.165) is 5.56 Å². The van der Waals surface area contributed by atoms with Gasteiger partial charge in [-0.15, -0.1) is 0 Å². The maximum Gasteiger partial charge on any atom is 0.276 e. The van der Waals surface area contributed by atoms with Gasteiger partial charge in [-0.3, -0.25) is 0 Å². The number of hydrogen-bond acceptors (Lipinski definition) is 4. The van der Waals surface area contributed by atoms with E-state index in [1.165, 1.54) is 18.3 Å². The van der Waals surface area contributed by atoms with Crippen LogP contribution >= 0.6 is 11.6 Å². The predicted molar refractivity (Wildman–Crippen MR) is 107 cm³/mol. The molecule has 0 atom stereocenters. The Morgan fingerprint density at radius 2 is 1.59 bits per heavy atom. The second kappa shape index (κ2) is 8.70. The van der Waals surface area contributed by atoms with Crippen molar-refractivity contribution in [2.24, 2.45) is 5.10 Å². The molecule has 1 N–H and O–H groups in total. The number of ether oxygens (including phenoxy) is 1. The normalized spacial score (nSPS) is 11.4. The van der Waals surface area contributed by atoms with Gasteiger partial charge >= 0.3 is 0 Å². The fourth-order valence-electron chi connectivity index (χ4n) is 2.31. The van der Waals surface area contributed by atoms with Gasteiger partial charge in [-0.2, -0.15) is 13.5 Å². The number of hydrazone groups is 1. The lowest BCUT2D eigenvalue weighted by molar-refractivity contribution is 0.306. The van der Waals surface area contributed by atoms with Crippen LogP contribution in [0.5, 0.6) is 5.75 Å². The molecule has 0 spiro atoms. The van der Waals surface area contributed by atoms with Crippen molar-refractivity contribution in [3.05, 3.63) is 95.0 Å². The largest absolute Gasteiger partial charge is 0.488 e. The zero-order valence-corrected chi connectivity index (χ0v) is 15.8. The molecule has 0 fully saturated rings. The van der Waals surface area contributed by atoms with Gasteiger partial charge in [-0.05, 0) is 30.3 Å². The van der Waals surface area contributed by atoms with Crippen LogP contribution in [0.1, 0.15) is 11.1 Å². The van der Waals surface area contributed by atoms with Crippen LogP contribution in [-0.2, 0) is 16.6 Å². The van der Waals surface area contributed by atoms with Crippen LogP contribution in [0.15, 0.2) is 88.9 Å². The van der Waals surface area contributed by atoms with E-state index in [0.29, 0.717) is 22.9 Å². The van der Waals surface area contributed by atoms with Gasteiger partial charge in [0.1, 0.15) is 12.4 Å². The molecule has 0 amide bonds. The minimum Gasteiger partial charge on any atom is -0.488 e. The number of halogens is 1. The van der Waals surface area contributed by atoms with Crippen LogP contribution in [0.25, 0.3) is 0 Å². The van der Waals surface area contributed by atoms with E-state index in [9.17, 15) is 8.42 Å². The number of benzene rings is 3. The van der Waals surface area contributed by atoms with Gasteiger partial charge in [0, 0.05) is 16.1 Å². The third-order valence-electron chi connectivity index (χ3n) is 3.69. The first-order valence-corrected chi connectivity index (χ1v) is 9.97. The molecule has 0 aromatic heterocycles. The standard InChI is InChI=1S/C20H17ClN2O3S/c21-19-12-6-4-9-17(19)15-26-20-13-7-5-8-16(20)14-22-23-27(24,25)18-10-2-1-3-11-18/h1-14,23H,15H2/b22-14-. The quantitative estimate of drug-likeness (QED) is 0.476. The summed E-state index contributed by atoms with van der Waals surface area (Å²) in [4.78, 5) is 2.34. The highest BCUT2D eigenvalue weighted by Gasteiger charge is 2.11. The molecule has 5 nitrogen and oxygen atoms in total.